The fourth-order valence-electron chi connectivity index (χ4n) is 2.08. The quantitative estimate of drug-likeness (QED) is 0.740. The molecule has 1 aliphatic rings. The first-order valence-corrected chi connectivity index (χ1v) is 4.95. The molecule has 5 heteroatoms. The Morgan fingerprint density at radius 2 is 2.43 bits per heavy atom. The van der Waals surface area contributed by atoms with Crippen molar-refractivity contribution in [2.75, 3.05) is 0 Å². The van der Waals surface area contributed by atoms with Crippen molar-refractivity contribution >= 4 is 0 Å². The van der Waals surface area contributed by atoms with Gasteiger partial charge >= 0.3 is 0 Å². The molecule has 1 heterocycles. The summed E-state index contributed by atoms with van der Waals surface area (Å²) in [6, 6.07) is 0. The summed E-state index contributed by atoms with van der Waals surface area (Å²) in [6.45, 7) is 2.42. The van der Waals surface area contributed by atoms with Crippen molar-refractivity contribution in [2.24, 2.45) is 11.8 Å². The van der Waals surface area contributed by atoms with Crippen LogP contribution in [-0.4, -0.2) is 10.1 Å². The van der Waals surface area contributed by atoms with E-state index < -0.39 is 0 Å². The molecule has 2 N–H and O–H groups in total. The molecule has 1 aliphatic carbocycles. The highest BCUT2D eigenvalue weighted by Crippen LogP contribution is 2.37. The van der Waals surface area contributed by atoms with Crippen molar-refractivity contribution in [2.45, 2.75) is 38.7 Å². The first-order valence-electron chi connectivity index (χ1n) is 4.95. The van der Waals surface area contributed by atoms with Crippen LogP contribution in [0.25, 0.3) is 0 Å². The molecule has 0 amide bonds. The third-order valence-electron chi connectivity index (χ3n) is 2.88. The number of rotatable bonds is 3. The summed E-state index contributed by atoms with van der Waals surface area (Å²) in [5.74, 6) is 7.29. The molecule has 1 fully saturated rings. The smallest absolute Gasteiger partial charge is 0.254 e. The second-order valence-corrected chi connectivity index (χ2v) is 3.87. The highest BCUT2D eigenvalue weighted by Gasteiger charge is 2.28. The van der Waals surface area contributed by atoms with E-state index >= 15 is 0 Å². The number of nitrogens with zero attached hydrogens (tertiary/aromatic N) is 2. The van der Waals surface area contributed by atoms with Crippen molar-refractivity contribution in [3.63, 3.8) is 0 Å². The predicted molar refractivity (Wildman–Crippen MR) is 49.0 cm³/mol. The predicted octanol–water partition coefficient (Wildman–Crippen LogP) is 1.36. The number of hydrogen-bond donors (Lipinski definition) is 1. The Kier molecular flexibility index (Phi) is 2.79. The Bertz CT molecular complexity index is 300. The second kappa shape index (κ2) is 4.06. The summed E-state index contributed by atoms with van der Waals surface area (Å²) in [5.41, 5.74) is 0. The molecule has 0 aliphatic heterocycles. The summed E-state index contributed by atoms with van der Waals surface area (Å²) in [6.07, 6.45) is 3.66. The molecule has 14 heavy (non-hydrogen) atoms. The van der Waals surface area contributed by atoms with Crippen LogP contribution in [0.1, 0.15) is 43.8 Å². The van der Waals surface area contributed by atoms with Crippen LogP contribution in [-0.2, 0) is 11.4 Å². The van der Waals surface area contributed by atoms with Gasteiger partial charge in [0.05, 0.1) is 0 Å². The molecule has 2 atom stereocenters. The van der Waals surface area contributed by atoms with E-state index in [4.69, 9.17) is 10.4 Å². The molecule has 0 radical (unpaired) electrons. The van der Waals surface area contributed by atoms with E-state index in [1.165, 1.54) is 12.8 Å². The van der Waals surface area contributed by atoms with Crippen molar-refractivity contribution in [1.82, 2.24) is 10.1 Å². The molecule has 2 unspecified atom stereocenters. The maximum absolute atomic E-state index is 5.00. The largest absolute Gasteiger partial charge is 0.337 e. The standard InChI is InChI=1S/C9H15N3O2/c1-6-3-2-4-7(6)9-11-8(5-13-10)14-12-9/h6-7H,2-5,10H2,1H3. The van der Waals surface area contributed by atoms with Gasteiger partial charge in [-0.3, -0.25) is 4.84 Å². The van der Waals surface area contributed by atoms with Gasteiger partial charge in [0, 0.05) is 5.92 Å². The van der Waals surface area contributed by atoms with Crippen molar-refractivity contribution in [1.29, 1.82) is 0 Å². The van der Waals surface area contributed by atoms with Gasteiger partial charge in [0.25, 0.3) is 5.89 Å². The molecule has 5 nitrogen and oxygen atoms in total. The fourth-order valence-corrected chi connectivity index (χ4v) is 2.08. The first kappa shape index (κ1) is 9.61. The normalized spacial score (nSPS) is 27.0. The molecule has 1 aromatic rings. The zero-order valence-corrected chi connectivity index (χ0v) is 8.27. The molecule has 1 saturated carbocycles. The van der Waals surface area contributed by atoms with Crippen LogP contribution in [0.3, 0.4) is 0 Å². The number of hydrogen-bond acceptors (Lipinski definition) is 5. The average Bonchev–Trinajstić information content (AvgIpc) is 2.74. The van der Waals surface area contributed by atoms with Crippen LogP contribution in [0.5, 0.6) is 0 Å². The molecule has 0 saturated heterocycles. The number of nitrogens with two attached hydrogens (primary N) is 1. The summed E-state index contributed by atoms with van der Waals surface area (Å²) in [5, 5.41) is 3.95. The Balaban J connectivity index is 2.08. The minimum Gasteiger partial charge on any atom is -0.337 e. The molecular weight excluding hydrogens is 182 g/mol. The van der Waals surface area contributed by atoms with Gasteiger partial charge in [-0.2, -0.15) is 4.98 Å². The third-order valence-corrected chi connectivity index (χ3v) is 2.88. The Morgan fingerprint density at radius 1 is 1.57 bits per heavy atom. The Hall–Kier alpha value is -0.940. The zero-order valence-electron chi connectivity index (χ0n) is 8.27. The van der Waals surface area contributed by atoms with Crippen LogP contribution < -0.4 is 5.90 Å². The maximum atomic E-state index is 5.00. The molecule has 0 spiro atoms. The highest BCUT2D eigenvalue weighted by atomic mass is 16.6. The van der Waals surface area contributed by atoms with E-state index in [1.54, 1.807) is 0 Å². The maximum Gasteiger partial charge on any atom is 0.254 e. The molecule has 78 valence electrons. The number of aromatic nitrogens is 2. The van der Waals surface area contributed by atoms with Crippen LogP contribution in [0.15, 0.2) is 4.52 Å². The Morgan fingerprint density at radius 3 is 3.07 bits per heavy atom. The van der Waals surface area contributed by atoms with Crippen molar-refractivity contribution in [3.05, 3.63) is 11.7 Å². The molecule has 0 bridgehead atoms. The monoisotopic (exact) mass is 197 g/mol. The lowest BCUT2D eigenvalue weighted by atomic mass is 9.98. The molecule has 0 aromatic carbocycles. The summed E-state index contributed by atoms with van der Waals surface area (Å²) < 4.78 is 5.00. The van der Waals surface area contributed by atoms with Gasteiger partial charge in [-0.25, -0.2) is 5.90 Å². The van der Waals surface area contributed by atoms with Crippen LogP contribution in [0.4, 0.5) is 0 Å². The lowest BCUT2D eigenvalue weighted by molar-refractivity contribution is 0.0995. The Labute approximate surface area is 82.6 Å². The SMILES string of the molecule is CC1CCCC1c1noc(CON)n1. The summed E-state index contributed by atoms with van der Waals surface area (Å²) in [7, 11) is 0. The van der Waals surface area contributed by atoms with Crippen LogP contribution in [0.2, 0.25) is 0 Å². The summed E-state index contributed by atoms with van der Waals surface area (Å²) >= 11 is 0. The zero-order chi connectivity index (χ0) is 9.97. The van der Waals surface area contributed by atoms with E-state index in [0.717, 1.165) is 12.2 Å². The first-order chi connectivity index (χ1) is 6.81. The lowest BCUT2D eigenvalue weighted by Gasteiger charge is -2.08. The van der Waals surface area contributed by atoms with Crippen molar-refractivity contribution < 1.29 is 9.36 Å². The highest BCUT2D eigenvalue weighted by molar-refractivity contribution is 5.00. The van der Waals surface area contributed by atoms with E-state index in [1.807, 2.05) is 0 Å². The summed E-state index contributed by atoms with van der Waals surface area (Å²) in [4.78, 5) is 8.68. The minimum atomic E-state index is 0.189. The van der Waals surface area contributed by atoms with E-state index in [-0.39, 0.29) is 6.61 Å². The van der Waals surface area contributed by atoms with Gasteiger partial charge in [0.15, 0.2) is 5.82 Å². The minimum absolute atomic E-state index is 0.189. The van der Waals surface area contributed by atoms with E-state index in [2.05, 4.69) is 21.9 Å². The van der Waals surface area contributed by atoms with Crippen LogP contribution in [0, 0.1) is 5.92 Å². The molecule has 2 rings (SSSR count). The van der Waals surface area contributed by atoms with Gasteiger partial charge in [0.1, 0.15) is 6.61 Å². The van der Waals surface area contributed by atoms with E-state index in [0.29, 0.717) is 17.7 Å². The van der Waals surface area contributed by atoms with E-state index in [9.17, 15) is 0 Å². The topological polar surface area (TPSA) is 74.2 Å². The van der Waals surface area contributed by atoms with Gasteiger partial charge in [-0.05, 0) is 18.8 Å². The van der Waals surface area contributed by atoms with Gasteiger partial charge in [0.2, 0.25) is 0 Å². The van der Waals surface area contributed by atoms with Gasteiger partial charge in [-0.1, -0.05) is 18.5 Å². The van der Waals surface area contributed by atoms with Crippen molar-refractivity contribution in [3.8, 4) is 0 Å². The van der Waals surface area contributed by atoms with Crippen LogP contribution >= 0.6 is 0 Å². The lowest BCUT2D eigenvalue weighted by Crippen LogP contribution is -2.04. The average molecular weight is 197 g/mol. The fraction of sp³-hybridized carbons (Fsp3) is 0.778. The van der Waals surface area contributed by atoms with Gasteiger partial charge < -0.3 is 4.52 Å². The third kappa shape index (κ3) is 1.78. The molecule has 1 aromatic heterocycles. The molecular formula is C9H15N3O2. The second-order valence-electron chi connectivity index (χ2n) is 3.87. The van der Waals surface area contributed by atoms with Gasteiger partial charge in [-0.15, -0.1) is 0 Å².